The van der Waals surface area contributed by atoms with E-state index in [2.05, 4.69) is 43.3 Å². The molecule has 0 saturated heterocycles. The van der Waals surface area contributed by atoms with Crippen molar-refractivity contribution >= 4 is 45.3 Å². The van der Waals surface area contributed by atoms with Crippen molar-refractivity contribution in [1.29, 1.82) is 0 Å². The molecule has 0 aliphatic heterocycles. The zero-order valence-corrected chi connectivity index (χ0v) is 13.2. The zero-order valence-electron chi connectivity index (χ0n) is 9.98. The van der Waals surface area contributed by atoms with Gasteiger partial charge < -0.3 is 5.32 Å². The minimum Gasteiger partial charge on any atom is -0.373 e. The van der Waals surface area contributed by atoms with Crippen molar-refractivity contribution in [3.63, 3.8) is 0 Å². The number of halogens is 1. The van der Waals surface area contributed by atoms with E-state index in [1.807, 2.05) is 31.5 Å². The highest BCUT2D eigenvalue weighted by atomic mass is 79.9. The molecule has 1 N–H and O–H groups in total. The molecular formula is C12H12BrN3S2. The van der Waals surface area contributed by atoms with Crippen LogP contribution in [-0.4, -0.2) is 23.3 Å². The van der Waals surface area contributed by atoms with Crippen molar-refractivity contribution in [2.24, 2.45) is 0 Å². The van der Waals surface area contributed by atoms with Gasteiger partial charge in [0.1, 0.15) is 10.8 Å². The zero-order chi connectivity index (χ0) is 13.0. The highest BCUT2D eigenvalue weighted by molar-refractivity contribution is 9.10. The second kappa shape index (κ2) is 6.45. The normalized spacial score (nSPS) is 10.4. The van der Waals surface area contributed by atoms with Crippen molar-refractivity contribution in [2.75, 3.05) is 18.6 Å². The third-order valence-electron chi connectivity index (χ3n) is 2.16. The van der Waals surface area contributed by atoms with E-state index in [4.69, 9.17) is 0 Å². The maximum Gasteiger partial charge on any atom is 0.190 e. The molecule has 0 atom stereocenters. The molecule has 0 fully saturated rings. The van der Waals surface area contributed by atoms with Crippen molar-refractivity contribution < 1.29 is 0 Å². The first-order valence-electron chi connectivity index (χ1n) is 5.25. The SMILES string of the molecule is CNc1cc(Sc2ccc(Br)cc2)nc(SC)n1. The number of hydrogen-bond acceptors (Lipinski definition) is 5. The van der Waals surface area contributed by atoms with E-state index in [1.54, 1.807) is 23.5 Å². The van der Waals surface area contributed by atoms with Crippen LogP contribution in [0.4, 0.5) is 5.82 Å². The van der Waals surface area contributed by atoms with E-state index < -0.39 is 0 Å². The van der Waals surface area contributed by atoms with Gasteiger partial charge in [0.25, 0.3) is 0 Å². The molecule has 3 nitrogen and oxygen atoms in total. The predicted molar refractivity (Wildman–Crippen MR) is 81.6 cm³/mol. The smallest absolute Gasteiger partial charge is 0.190 e. The molecule has 0 spiro atoms. The fourth-order valence-corrected chi connectivity index (χ4v) is 2.82. The van der Waals surface area contributed by atoms with Gasteiger partial charge >= 0.3 is 0 Å². The third kappa shape index (κ3) is 3.63. The third-order valence-corrected chi connectivity index (χ3v) is 4.16. The van der Waals surface area contributed by atoms with Gasteiger partial charge in [-0.25, -0.2) is 9.97 Å². The van der Waals surface area contributed by atoms with Crippen LogP contribution in [0, 0.1) is 0 Å². The molecule has 0 saturated carbocycles. The number of thioether (sulfide) groups is 1. The molecule has 2 aromatic rings. The van der Waals surface area contributed by atoms with Crippen LogP contribution in [0.2, 0.25) is 0 Å². The van der Waals surface area contributed by atoms with Crippen molar-refractivity contribution in [3.05, 3.63) is 34.8 Å². The van der Waals surface area contributed by atoms with Gasteiger partial charge in [-0.1, -0.05) is 39.5 Å². The Labute approximate surface area is 123 Å². The lowest BCUT2D eigenvalue weighted by atomic mass is 10.4. The van der Waals surface area contributed by atoms with Crippen LogP contribution in [0.25, 0.3) is 0 Å². The van der Waals surface area contributed by atoms with Gasteiger partial charge in [-0.3, -0.25) is 0 Å². The Morgan fingerprint density at radius 2 is 1.89 bits per heavy atom. The average Bonchev–Trinajstić information content (AvgIpc) is 2.41. The minimum atomic E-state index is 0.779. The molecule has 0 radical (unpaired) electrons. The largest absolute Gasteiger partial charge is 0.373 e. The minimum absolute atomic E-state index is 0.779. The number of anilines is 1. The Hall–Kier alpha value is -0.720. The molecule has 0 unspecified atom stereocenters. The monoisotopic (exact) mass is 341 g/mol. The van der Waals surface area contributed by atoms with E-state index in [-0.39, 0.29) is 0 Å². The molecule has 0 aliphatic rings. The molecule has 1 heterocycles. The summed E-state index contributed by atoms with van der Waals surface area (Å²) in [4.78, 5) is 9.99. The Morgan fingerprint density at radius 1 is 1.17 bits per heavy atom. The van der Waals surface area contributed by atoms with Crippen LogP contribution in [-0.2, 0) is 0 Å². The summed E-state index contributed by atoms with van der Waals surface area (Å²) in [5, 5.41) is 4.78. The van der Waals surface area contributed by atoms with Gasteiger partial charge in [-0.15, -0.1) is 0 Å². The predicted octanol–water partition coefficient (Wildman–Crippen LogP) is 4.15. The summed E-state index contributed by atoms with van der Waals surface area (Å²) in [5.41, 5.74) is 0. The van der Waals surface area contributed by atoms with Gasteiger partial charge in [0.2, 0.25) is 0 Å². The van der Waals surface area contributed by atoms with Crippen molar-refractivity contribution in [1.82, 2.24) is 9.97 Å². The Balaban J connectivity index is 2.25. The molecule has 0 aliphatic carbocycles. The fraction of sp³-hybridized carbons (Fsp3) is 0.167. The molecule has 0 bridgehead atoms. The summed E-state index contributed by atoms with van der Waals surface area (Å²) in [6, 6.07) is 10.1. The van der Waals surface area contributed by atoms with Gasteiger partial charge in [0.15, 0.2) is 5.16 Å². The summed E-state index contributed by atoms with van der Waals surface area (Å²) in [6.45, 7) is 0. The lowest BCUT2D eigenvalue weighted by molar-refractivity contribution is 0.897. The van der Waals surface area contributed by atoms with Crippen LogP contribution >= 0.6 is 39.5 Å². The van der Waals surface area contributed by atoms with Gasteiger partial charge in [0, 0.05) is 22.5 Å². The first-order valence-corrected chi connectivity index (χ1v) is 8.09. The molecule has 6 heteroatoms. The van der Waals surface area contributed by atoms with Gasteiger partial charge in [-0.2, -0.15) is 0 Å². The lowest BCUT2D eigenvalue weighted by Crippen LogP contribution is -1.96. The summed E-state index contributed by atoms with van der Waals surface area (Å²) in [7, 11) is 1.86. The topological polar surface area (TPSA) is 37.8 Å². The van der Waals surface area contributed by atoms with E-state index in [9.17, 15) is 0 Å². The van der Waals surface area contributed by atoms with Crippen molar-refractivity contribution in [3.8, 4) is 0 Å². The molecule has 1 aromatic heterocycles. The standard InChI is InChI=1S/C12H12BrN3S2/c1-14-10-7-11(16-12(15-10)17-2)18-9-5-3-8(13)4-6-9/h3-7H,1-2H3,(H,14,15,16). The van der Waals surface area contributed by atoms with E-state index >= 15 is 0 Å². The summed E-state index contributed by atoms with van der Waals surface area (Å²) in [5.74, 6) is 0.842. The van der Waals surface area contributed by atoms with Gasteiger partial charge in [-0.05, 0) is 30.5 Å². The van der Waals surface area contributed by atoms with Gasteiger partial charge in [0.05, 0.1) is 0 Å². The number of rotatable bonds is 4. The van der Waals surface area contributed by atoms with Crippen molar-refractivity contribution in [2.45, 2.75) is 15.1 Å². The molecule has 2 rings (SSSR count). The van der Waals surface area contributed by atoms with Crippen LogP contribution in [0.1, 0.15) is 0 Å². The first-order chi connectivity index (χ1) is 8.71. The fourth-order valence-electron chi connectivity index (χ4n) is 1.30. The number of nitrogens with zero attached hydrogens (tertiary/aromatic N) is 2. The quantitative estimate of drug-likeness (QED) is 0.513. The van der Waals surface area contributed by atoms with Crippen LogP contribution in [0.3, 0.4) is 0 Å². The summed E-state index contributed by atoms with van der Waals surface area (Å²) in [6.07, 6.45) is 1.98. The maximum absolute atomic E-state index is 4.48. The molecule has 94 valence electrons. The first kappa shape index (κ1) is 13.7. The van der Waals surface area contributed by atoms with Crippen LogP contribution in [0.15, 0.2) is 49.9 Å². The molecule has 1 aromatic carbocycles. The molecule has 18 heavy (non-hydrogen) atoms. The summed E-state index contributed by atoms with van der Waals surface area (Å²) < 4.78 is 1.08. The second-order valence-electron chi connectivity index (χ2n) is 3.38. The second-order valence-corrected chi connectivity index (χ2v) is 6.17. The highest BCUT2D eigenvalue weighted by Gasteiger charge is 2.05. The molecular weight excluding hydrogens is 330 g/mol. The number of benzene rings is 1. The number of aromatic nitrogens is 2. The maximum atomic E-state index is 4.48. The van der Waals surface area contributed by atoms with E-state index in [0.29, 0.717) is 0 Å². The number of hydrogen-bond donors (Lipinski definition) is 1. The van der Waals surface area contributed by atoms with Crippen LogP contribution in [0.5, 0.6) is 0 Å². The number of nitrogens with one attached hydrogen (secondary N) is 1. The molecule has 0 amide bonds. The lowest BCUT2D eigenvalue weighted by Gasteiger charge is -2.06. The Kier molecular flexibility index (Phi) is 4.91. The summed E-state index contributed by atoms with van der Waals surface area (Å²) >= 11 is 6.60. The van der Waals surface area contributed by atoms with Crippen LogP contribution < -0.4 is 5.32 Å². The Morgan fingerprint density at radius 3 is 2.50 bits per heavy atom. The van der Waals surface area contributed by atoms with E-state index in [0.717, 1.165) is 25.4 Å². The highest BCUT2D eigenvalue weighted by Crippen LogP contribution is 2.29. The Bertz CT molecular complexity index is 509. The average molecular weight is 342 g/mol. The van der Waals surface area contributed by atoms with E-state index in [1.165, 1.54) is 0 Å².